The fourth-order valence-corrected chi connectivity index (χ4v) is 4.26. The number of esters is 1. The molecule has 0 radical (unpaired) electrons. The second-order valence-corrected chi connectivity index (χ2v) is 8.93. The van der Waals surface area contributed by atoms with E-state index in [0.29, 0.717) is 35.5 Å². The van der Waals surface area contributed by atoms with E-state index in [2.05, 4.69) is 25.7 Å². The van der Waals surface area contributed by atoms with Crippen molar-refractivity contribution >= 4 is 23.5 Å². The number of hydrogen-bond donors (Lipinski definition) is 2. The average Bonchev–Trinajstić information content (AvgIpc) is 3.60. The first-order valence-corrected chi connectivity index (χ1v) is 12.1. The van der Waals surface area contributed by atoms with Crippen LogP contribution >= 0.6 is 11.6 Å². The third-order valence-electron chi connectivity index (χ3n) is 5.84. The number of aromatic amines is 1. The van der Waals surface area contributed by atoms with Gasteiger partial charge in [0.1, 0.15) is 5.82 Å². The van der Waals surface area contributed by atoms with Gasteiger partial charge in [-0.3, -0.25) is 9.59 Å². The molecule has 4 aromatic rings. The lowest BCUT2D eigenvalue weighted by atomic mass is 9.93. The van der Waals surface area contributed by atoms with Crippen LogP contribution in [0.5, 0.6) is 0 Å². The monoisotopic (exact) mass is 524 g/mol. The normalized spacial score (nSPS) is 12.6. The summed E-state index contributed by atoms with van der Waals surface area (Å²) >= 11 is 6.04. The fourth-order valence-electron chi connectivity index (χ4n) is 4.09. The van der Waals surface area contributed by atoms with E-state index in [1.807, 2.05) is 12.1 Å². The molecule has 9 nitrogen and oxygen atoms in total. The third-order valence-corrected chi connectivity index (χ3v) is 6.07. The van der Waals surface area contributed by atoms with Gasteiger partial charge in [-0.25, -0.2) is 9.37 Å². The molecule has 192 valence electrons. The number of benzene rings is 2. The van der Waals surface area contributed by atoms with Gasteiger partial charge in [0.05, 0.1) is 25.0 Å². The first-order valence-electron chi connectivity index (χ1n) is 11.8. The molecule has 11 heteroatoms. The summed E-state index contributed by atoms with van der Waals surface area (Å²) in [6.45, 7) is 2.35. The highest BCUT2D eigenvalue weighted by Crippen LogP contribution is 2.27. The van der Waals surface area contributed by atoms with Gasteiger partial charge in [-0.05, 0) is 49.1 Å². The number of nitrogens with zero attached hydrogens (tertiary/aromatic N) is 4. The number of hydrogen-bond acceptors (Lipinski definition) is 6. The summed E-state index contributed by atoms with van der Waals surface area (Å²) in [4.78, 5) is 29.6. The molecule has 2 atom stereocenters. The molecule has 0 aliphatic heterocycles. The van der Waals surface area contributed by atoms with Crippen molar-refractivity contribution in [2.24, 2.45) is 5.92 Å². The minimum Gasteiger partial charge on any atom is -0.466 e. The second kappa shape index (κ2) is 12.3. The molecule has 2 aromatic carbocycles. The van der Waals surface area contributed by atoms with E-state index in [1.54, 1.807) is 48.4 Å². The van der Waals surface area contributed by atoms with Crippen molar-refractivity contribution in [1.82, 2.24) is 30.3 Å². The highest BCUT2D eigenvalue weighted by Gasteiger charge is 2.27. The van der Waals surface area contributed by atoms with Gasteiger partial charge < -0.3 is 14.6 Å². The van der Waals surface area contributed by atoms with E-state index >= 15 is 0 Å². The summed E-state index contributed by atoms with van der Waals surface area (Å²) < 4.78 is 21.4. The van der Waals surface area contributed by atoms with Gasteiger partial charge >= 0.3 is 5.97 Å². The summed E-state index contributed by atoms with van der Waals surface area (Å²) in [7, 11) is 0. The molecule has 0 fully saturated rings. The van der Waals surface area contributed by atoms with Crippen LogP contribution in [0.4, 0.5) is 4.39 Å². The van der Waals surface area contributed by atoms with Crippen molar-refractivity contribution in [2.75, 3.05) is 6.61 Å². The van der Waals surface area contributed by atoms with Crippen molar-refractivity contribution in [3.8, 4) is 11.1 Å². The highest BCUT2D eigenvalue weighted by atomic mass is 35.5. The third kappa shape index (κ3) is 7.01. The summed E-state index contributed by atoms with van der Waals surface area (Å²) in [6.07, 6.45) is 7.09. The molecule has 0 aliphatic carbocycles. The van der Waals surface area contributed by atoms with Crippen LogP contribution in [0.15, 0.2) is 67.4 Å². The van der Waals surface area contributed by atoms with Crippen molar-refractivity contribution in [2.45, 2.75) is 32.4 Å². The largest absolute Gasteiger partial charge is 0.466 e. The molecule has 0 saturated carbocycles. The zero-order chi connectivity index (χ0) is 26.2. The molecule has 0 aliphatic rings. The Kier molecular flexibility index (Phi) is 8.63. The van der Waals surface area contributed by atoms with Crippen molar-refractivity contribution < 1.29 is 18.7 Å². The zero-order valence-corrected chi connectivity index (χ0v) is 20.9. The van der Waals surface area contributed by atoms with Crippen molar-refractivity contribution in [3.63, 3.8) is 0 Å². The number of carbonyl (C=O) groups excluding carboxylic acids is 2. The summed E-state index contributed by atoms with van der Waals surface area (Å²) in [5.41, 5.74) is 2.11. The Bertz CT molecular complexity index is 1310. The van der Waals surface area contributed by atoms with Gasteiger partial charge in [0, 0.05) is 35.6 Å². The number of carbonyl (C=O) groups is 2. The van der Waals surface area contributed by atoms with Crippen molar-refractivity contribution in [1.29, 1.82) is 0 Å². The van der Waals surface area contributed by atoms with Crippen LogP contribution in [-0.4, -0.2) is 49.5 Å². The maximum Gasteiger partial charge on any atom is 0.310 e. The lowest BCUT2D eigenvalue weighted by molar-refractivity contribution is -0.149. The molecule has 0 saturated heterocycles. The van der Waals surface area contributed by atoms with E-state index < -0.39 is 17.9 Å². The van der Waals surface area contributed by atoms with Gasteiger partial charge in [0.15, 0.2) is 5.69 Å². The molecule has 2 N–H and O–H groups in total. The molecule has 1 amide bonds. The van der Waals surface area contributed by atoms with Gasteiger partial charge in [-0.1, -0.05) is 35.9 Å². The molecule has 0 spiro atoms. The van der Waals surface area contributed by atoms with Crippen LogP contribution in [-0.2, 0) is 22.5 Å². The number of halogens is 2. The smallest absolute Gasteiger partial charge is 0.310 e. The zero-order valence-electron chi connectivity index (χ0n) is 20.1. The Balaban J connectivity index is 1.55. The molecule has 4 rings (SSSR count). The number of rotatable bonds is 11. The maximum atomic E-state index is 14.3. The standard InChI is InChI=1S/C26H26ClFN6O3/c1-2-37-26(36)19(15-34-10-9-29-16-34)12-21(31-25(35)24-14-30-33-32-24)11-17-3-5-18(6-4-17)22-13-20(27)7-8-23(22)28/h3-10,13-14,16,19,21H,2,11-12,15H2,1H3,(H,31,35)(H,30,32,33)/t19-,21+/m0/s1. The number of imidazole rings is 1. The first-order chi connectivity index (χ1) is 17.9. The number of nitrogens with one attached hydrogen (secondary N) is 2. The number of amides is 1. The number of H-pyrrole nitrogens is 1. The average molecular weight is 525 g/mol. The Labute approximate surface area is 218 Å². The molecular formula is C26H26ClFN6O3. The lowest BCUT2D eigenvalue weighted by Crippen LogP contribution is -2.40. The fraction of sp³-hybridized carbons (Fsp3) is 0.269. The van der Waals surface area contributed by atoms with Crippen LogP contribution in [0.3, 0.4) is 0 Å². The Morgan fingerprint density at radius 2 is 2.03 bits per heavy atom. The van der Waals surface area contributed by atoms with Crippen LogP contribution in [0.1, 0.15) is 29.4 Å². The lowest BCUT2D eigenvalue weighted by Gasteiger charge is -2.24. The second-order valence-electron chi connectivity index (χ2n) is 8.49. The van der Waals surface area contributed by atoms with E-state index in [9.17, 15) is 14.0 Å². The molecule has 37 heavy (non-hydrogen) atoms. The van der Waals surface area contributed by atoms with Gasteiger partial charge in [0.25, 0.3) is 5.91 Å². The summed E-state index contributed by atoms with van der Waals surface area (Å²) in [5.74, 6) is -1.67. The highest BCUT2D eigenvalue weighted by molar-refractivity contribution is 6.30. The molecule has 2 aromatic heterocycles. The quantitative estimate of drug-likeness (QED) is 0.286. The Hall–Kier alpha value is -4.05. The molecular weight excluding hydrogens is 499 g/mol. The van der Waals surface area contributed by atoms with Crippen LogP contribution < -0.4 is 5.32 Å². The Morgan fingerprint density at radius 3 is 2.70 bits per heavy atom. The SMILES string of the molecule is CCOC(=O)[C@@H](C[C@@H](Cc1ccc(-c2cc(Cl)ccc2F)cc1)NC(=O)c1cn[nH]n1)Cn1ccnc1. The van der Waals surface area contributed by atoms with E-state index in [4.69, 9.17) is 16.3 Å². The minimum atomic E-state index is -0.531. The number of aromatic nitrogens is 5. The Morgan fingerprint density at radius 1 is 1.22 bits per heavy atom. The predicted octanol–water partition coefficient (Wildman–Crippen LogP) is 4.07. The molecule has 0 bridgehead atoms. The van der Waals surface area contributed by atoms with Crippen LogP contribution in [0.2, 0.25) is 5.02 Å². The van der Waals surface area contributed by atoms with E-state index in [-0.39, 0.29) is 24.1 Å². The predicted molar refractivity (Wildman–Crippen MR) is 135 cm³/mol. The van der Waals surface area contributed by atoms with Gasteiger partial charge in [-0.15, -0.1) is 0 Å². The van der Waals surface area contributed by atoms with Crippen LogP contribution in [0.25, 0.3) is 11.1 Å². The van der Waals surface area contributed by atoms with E-state index in [0.717, 1.165) is 5.56 Å². The first kappa shape index (κ1) is 26.0. The molecule has 2 heterocycles. The topological polar surface area (TPSA) is 115 Å². The summed E-state index contributed by atoms with van der Waals surface area (Å²) in [5, 5.41) is 13.4. The molecule has 0 unspecified atom stereocenters. The van der Waals surface area contributed by atoms with Gasteiger partial charge in [0.2, 0.25) is 0 Å². The maximum absolute atomic E-state index is 14.3. The van der Waals surface area contributed by atoms with Crippen molar-refractivity contribution in [3.05, 3.63) is 89.5 Å². The van der Waals surface area contributed by atoms with Gasteiger partial charge in [-0.2, -0.15) is 15.4 Å². The number of ether oxygens (including phenoxy) is 1. The summed E-state index contributed by atoms with van der Waals surface area (Å²) in [6, 6.07) is 11.3. The van der Waals surface area contributed by atoms with Crippen LogP contribution in [0, 0.1) is 11.7 Å². The minimum absolute atomic E-state index is 0.138. The van der Waals surface area contributed by atoms with E-state index in [1.165, 1.54) is 18.3 Å².